The SMILES string of the molecule is C[C@H]1CCCN(CCNC(=O)C2CCN(C(=O)c3ccco3)CC2)C1. The van der Waals surface area contributed by atoms with Crippen molar-refractivity contribution in [3.63, 3.8) is 0 Å². The third-order valence-electron chi connectivity index (χ3n) is 5.35. The third-order valence-corrected chi connectivity index (χ3v) is 5.35. The number of carbonyl (C=O) groups is 2. The van der Waals surface area contributed by atoms with E-state index in [0.717, 1.165) is 44.9 Å². The summed E-state index contributed by atoms with van der Waals surface area (Å²) in [6.07, 6.45) is 5.53. The Bertz CT molecular complexity index is 564. The van der Waals surface area contributed by atoms with Gasteiger partial charge in [0, 0.05) is 38.6 Å². The first-order chi connectivity index (χ1) is 12.1. The highest BCUT2D eigenvalue weighted by atomic mass is 16.3. The first-order valence-corrected chi connectivity index (χ1v) is 9.46. The van der Waals surface area contributed by atoms with E-state index < -0.39 is 0 Å². The number of furan rings is 1. The Labute approximate surface area is 149 Å². The molecule has 2 aliphatic heterocycles. The normalized spacial score (nSPS) is 22.8. The molecule has 2 aliphatic rings. The zero-order valence-corrected chi connectivity index (χ0v) is 15.1. The molecule has 3 rings (SSSR count). The molecule has 0 radical (unpaired) electrons. The number of nitrogens with zero attached hydrogens (tertiary/aromatic N) is 2. The number of carbonyl (C=O) groups excluding carboxylic acids is 2. The Morgan fingerprint density at radius 2 is 2.04 bits per heavy atom. The van der Waals surface area contributed by atoms with Gasteiger partial charge in [-0.2, -0.15) is 0 Å². The molecule has 25 heavy (non-hydrogen) atoms. The summed E-state index contributed by atoms with van der Waals surface area (Å²) in [7, 11) is 0. The Balaban J connectivity index is 1.36. The van der Waals surface area contributed by atoms with Crippen LogP contribution in [-0.4, -0.2) is 60.9 Å². The van der Waals surface area contributed by atoms with Crippen LogP contribution < -0.4 is 5.32 Å². The van der Waals surface area contributed by atoms with E-state index in [9.17, 15) is 9.59 Å². The van der Waals surface area contributed by atoms with E-state index in [1.54, 1.807) is 17.0 Å². The molecule has 0 aliphatic carbocycles. The number of hydrogen-bond donors (Lipinski definition) is 1. The number of rotatable bonds is 5. The zero-order valence-electron chi connectivity index (χ0n) is 15.1. The fraction of sp³-hybridized carbons (Fsp3) is 0.684. The van der Waals surface area contributed by atoms with E-state index in [-0.39, 0.29) is 17.7 Å². The maximum atomic E-state index is 12.4. The average Bonchev–Trinajstić information content (AvgIpc) is 3.16. The lowest BCUT2D eigenvalue weighted by molar-refractivity contribution is -0.126. The van der Waals surface area contributed by atoms with Gasteiger partial charge in [-0.3, -0.25) is 9.59 Å². The summed E-state index contributed by atoms with van der Waals surface area (Å²) in [5.41, 5.74) is 0. The minimum atomic E-state index is -0.0805. The van der Waals surface area contributed by atoms with Crippen LogP contribution in [0.4, 0.5) is 0 Å². The molecule has 0 unspecified atom stereocenters. The second-order valence-corrected chi connectivity index (χ2v) is 7.38. The highest BCUT2D eigenvalue weighted by Crippen LogP contribution is 2.19. The van der Waals surface area contributed by atoms with E-state index >= 15 is 0 Å². The Hall–Kier alpha value is -1.82. The van der Waals surface area contributed by atoms with E-state index in [1.807, 2.05) is 0 Å². The van der Waals surface area contributed by atoms with Crippen LogP contribution in [0.2, 0.25) is 0 Å². The molecule has 6 heteroatoms. The van der Waals surface area contributed by atoms with Gasteiger partial charge < -0.3 is 19.5 Å². The summed E-state index contributed by atoms with van der Waals surface area (Å²) < 4.78 is 5.17. The molecule has 1 aromatic rings. The van der Waals surface area contributed by atoms with Gasteiger partial charge in [-0.15, -0.1) is 0 Å². The summed E-state index contributed by atoms with van der Waals surface area (Å²) in [6, 6.07) is 3.40. The van der Waals surface area contributed by atoms with Crippen LogP contribution in [0.15, 0.2) is 22.8 Å². The lowest BCUT2D eigenvalue weighted by Crippen LogP contribution is -2.45. The predicted octanol–water partition coefficient (Wildman–Crippen LogP) is 1.98. The van der Waals surface area contributed by atoms with Crippen molar-refractivity contribution in [2.75, 3.05) is 39.3 Å². The van der Waals surface area contributed by atoms with Crippen LogP contribution in [0.3, 0.4) is 0 Å². The number of nitrogens with one attached hydrogen (secondary N) is 1. The largest absolute Gasteiger partial charge is 0.459 e. The third kappa shape index (κ3) is 4.84. The molecule has 0 aromatic carbocycles. The minimum absolute atomic E-state index is 0.0148. The second kappa shape index (κ2) is 8.52. The Morgan fingerprint density at radius 3 is 2.72 bits per heavy atom. The topological polar surface area (TPSA) is 65.8 Å². The van der Waals surface area contributed by atoms with Gasteiger partial charge in [0.2, 0.25) is 5.91 Å². The van der Waals surface area contributed by atoms with Crippen molar-refractivity contribution in [1.82, 2.24) is 15.1 Å². The van der Waals surface area contributed by atoms with E-state index in [2.05, 4.69) is 17.1 Å². The molecule has 6 nitrogen and oxygen atoms in total. The monoisotopic (exact) mass is 347 g/mol. The molecule has 3 heterocycles. The molecule has 1 atom stereocenters. The van der Waals surface area contributed by atoms with Crippen LogP contribution in [0.5, 0.6) is 0 Å². The van der Waals surface area contributed by atoms with Crippen molar-refractivity contribution < 1.29 is 14.0 Å². The standard InChI is InChI=1S/C19H29N3O3/c1-15-4-2-9-21(14-15)12-8-20-18(23)16-6-10-22(11-7-16)19(24)17-5-3-13-25-17/h3,5,13,15-16H,2,4,6-12,14H2,1H3,(H,20,23)/t15-/m0/s1. The lowest BCUT2D eigenvalue weighted by atomic mass is 9.95. The van der Waals surface area contributed by atoms with Crippen LogP contribution in [-0.2, 0) is 4.79 Å². The van der Waals surface area contributed by atoms with Gasteiger partial charge in [-0.25, -0.2) is 0 Å². The molecule has 0 bridgehead atoms. The quantitative estimate of drug-likeness (QED) is 0.884. The van der Waals surface area contributed by atoms with Gasteiger partial charge >= 0.3 is 0 Å². The molecule has 1 N–H and O–H groups in total. The first-order valence-electron chi connectivity index (χ1n) is 9.46. The Morgan fingerprint density at radius 1 is 1.24 bits per heavy atom. The lowest BCUT2D eigenvalue weighted by Gasteiger charge is -2.32. The maximum Gasteiger partial charge on any atom is 0.289 e. The molecular formula is C19H29N3O3. The van der Waals surface area contributed by atoms with Gasteiger partial charge in [-0.05, 0) is 50.3 Å². The minimum Gasteiger partial charge on any atom is -0.459 e. The van der Waals surface area contributed by atoms with Crippen molar-refractivity contribution in [2.45, 2.75) is 32.6 Å². The highest BCUT2D eigenvalue weighted by Gasteiger charge is 2.28. The van der Waals surface area contributed by atoms with Gasteiger partial charge in [-0.1, -0.05) is 6.92 Å². The van der Waals surface area contributed by atoms with Crippen molar-refractivity contribution in [1.29, 1.82) is 0 Å². The summed E-state index contributed by atoms with van der Waals surface area (Å²) in [4.78, 5) is 28.8. The fourth-order valence-corrected chi connectivity index (χ4v) is 3.87. The summed E-state index contributed by atoms with van der Waals surface area (Å²) >= 11 is 0. The number of hydrogen-bond acceptors (Lipinski definition) is 4. The van der Waals surface area contributed by atoms with Gasteiger partial charge in [0.15, 0.2) is 5.76 Å². The molecule has 2 amide bonds. The Kier molecular flexibility index (Phi) is 6.13. The van der Waals surface area contributed by atoms with Gasteiger partial charge in [0.05, 0.1) is 6.26 Å². The molecule has 2 saturated heterocycles. The molecular weight excluding hydrogens is 318 g/mol. The van der Waals surface area contributed by atoms with Crippen molar-refractivity contribution in [3.05, 3.63) is 24.2 Å². The fourth-order valence-electron chi connectivity index (χ4n) is 3.87. The van der Waals surface area contributed by atoms with Gasteiger partial charge in [0.25, 0.3) is 5.91 Å². The van der Waals surface area contributed by atoms with E-state index in [0.29, 0.717) is 18.8 Å². The maximum absolute atomic E-state index is 12.4. The predicted molar refractivity (Wildman–Crippen MR) is 95.2 cm³/mol. The van der Waals surface area contributed by atoms with E-state index in [1.165, 1.54) is 19.1 Å². The van der Waals surface area contributed by atoms with Crippen LogP contribution in [0.25, 0.3) is 0 Å². The van der Waals surface area contributed by atoms with Gasteiger partial charge in [0.1, 0.15) is 0 Å². The second-order valence-electron chi connectivity index (χ2n) is 7.38. The van der Waals surface area contributed by atoms with Crippen LogP contribution in [0, 0.1) is 11.8 Å². The molecule has 0 spiro atoms. The first kappa shape index (κ1) is 18.0. The van der Waals surface area contributed by atoms with Crippen LogP contribution >= 0.6 is 0 Å². The smallest absolute Gasteiger partial charge is 0.289 e. The van der Waals surface area contributed by atoms with Crippen LogP contribution in [0.1, 0.15) is 43.2 Å². The summed E-state index contributed by atoms with van der Waals surface area (Å²) in [5, 5.41) is 3.08. The number of piperidine rings is 2. The molecule has 0 saturated carbocycles. The summed E-state index contributed by atoms with van der Waals surface area (Å²) in [6.45, 7) is 7.46. The summed E-state index contributed by atoms with van der Waals surface area (Å²) in [5.74, 6) is 1.21. The molecule has 1 aromatic heterocycles. The zero-order chi connectivity index (χ0) is 17.6. The van der Waals surface area contributed by atoms with Crippen molar-refractivity contribution in [2.24, 2.45) is 11.8 Å². The van der Waals surface area contributed by atoms with Crippen molar-refractivity contribution in [3.8, 4) is 0 Å². The van der Waals surface area contributed by atoms with E-state index in [4.69, 9.17) is 4.42 Å². The molecule has 2 fully saturated rings. The highest BCUT2D eigenvalue weighted by molar-refractivity contribution is 5.91. The average molecular weight is 347 g/mol. The molecule has 138 valence electrons. The number of amides is 2. The number of likely N-dealkylation sites (tertiary alicyclic amines) is 2. The van der Waals surface area contributed by atoms with Crippen molar-refractivity contribution >= 4 is 11.8 Å².